The third kappa shape index (κ3) is 17.6. The minimum atomic E-state index is -0.594. The van der Waals surface area contributed by atoms with Gasteiger partial charge in [-0.2, -0.15) is 0 Å². The molecule has 0 bridgehead atoms. The van der Waals surface area contributed by atoms with E-state index in [1.807, 2.05) is 113 Å². The molecule has 6 rings (SSSR count). The fourth-order valence-corrected chi connectivity index (χ4v) is 7.22. The molecule has 2 saturated heterocycles. The number of alkyl halides is 1. The van der Waals surface area contributed by atoms with Crippen LogP contribution >= 0.6 is 11.6 Å². The summed E-state index contributed by atoms with van der Waals surface area (Å²) < 4.78 is 21.8. The van der Waals surface area contributed by atoms with Crippen LogP contribution in [0.1, 0.15) is 22.3 Å². The van der Waals surface area contributed by atoms with Crippen molar-refractivity contribution in [3.63, 3.8) is 0 Å². The predicted octanol–water partition coefficient (Wildman–Crippen LogP) is 5.13. The van der Waals surface area contributed by atoms with Gasteiger partial charge in [-0.05, 0) is 74.2 Å². The zero-order valence-corrected chi connectivity index (χ0v) is 38.5. The molecule has 0 saturated carbocycles. The Labute approximate surface area is 378 Å². The number of rotatable bonds is 17. The second-order valence-electron chi connectivity index (χ2n) is 15.6. The van der Waals surface area contributed by atoms with Crippen LogP contribution in [0, 0.1) is 27.7 Å². The van der Waals surface area contributed by atoms with Crippen molar-refractivity contribution in [2.75, 3.05) is 116 Å². The molecule has 0 aromatic heterocycles. The molecule has 2 amide bonds. The fourth-order valence-electron chi connectivity index (χ4n) is 7.15. The number of aliphatic hydroxyl groups excluding tert-OH is 2. The largest absolute Gasteiger partial charge is 0.493 e. The lowest BCUT2D eigenvalue weighted by Crippen LogP contribution is -2.50. The van der Waals surface area contributed by atoms with Crippen molar-refractivity contribution < 1.29 is 38.7 Å². The van der Waals surface area contributed by atoms with Crippen molar-refractivity contribution in [1.82, 2.24) is 20.0 Å². The highest BCUT2D eigenvalue weighted by Crippen LogP contribution is 2.27. The molecule has 14 nitrogen and oxygen atoms in total. The Hall–Kier alpha value is -4.93. The first kappa shape index (κ1) is 50.7. The van der Waals surface area contributed by atoms with E-state index in [0.717, 1.165) is 86.0 Å². The molecule has 15 heteroatoms. The van der Waals surface area contributed by atoms with Crippen LogP contribution in [0.4, 0.5) is 11.4 Å². The van der Waals surface area contributed by atoms with Gasteiger partial charge in [-0.3, -0.25) is 24.3 Å². The van der Waals surface area contributed by atoms with Crippen molar-refractivity contribution in [2.45, 2.75) is 39.9 Å². The first-order valence-corrected chi connectivity index (χ1v) is 22.0. The number of aliphatic hydroxyl groups is 2. The van der Waals surface area contributed by atoms with E-state index in [1.54, 1.807) is 14.2 Å². The number of β-amino-alcohol motifs (C(OH)–C–C–N with tert-alkyl or cyclic N) is 2. The lowest BCUT2D eigenvalue weighted by atomic mass is 10.1. The van der Waals surface area contributed by atoms with Crippen molar-refractivity contribution in [3.8, 4) is 23.0 Å². The summed E-state index contributed by atoms with van der Waals surface area (Å²) in [4.78, 5) is 30.1. The molecular formula is C48H67ClN6O8. The SMILES string of the molecule is COc1ccccc1OCC(O)CN1CCN(CC(=O)Nc2c(C)cccc2C)CC1.COc1ccccc1OCC(O)CN1CCNCC1.Cc1cccc(C)c1NC(=O)CCl. The van der Waals surface area contributed by atoms with Crippen LogP contribution in [0.15, 0.2) is 84.9 Å². The summed E-state index contributed by atoms with van der Waals surface area (Å²) >= 11 is 5.39. The number of hydrogen-bond acceptors (Lipinski definition) is 12. The fraction of sp³-hybridized carbons (Fsp3) is 0.458. The quantitative estimate of drug-likeness (QED) is 0.0893. The average Bonchev–Trinajstić information content (AvgIpc) is 3.29. The summed E-state index contributed by atoms with van der Waals surface area (Å²) in [6.45, 7) is 17.1. The molecule has 2 aliphatic heterocycles. The number of benzene rings is 4. The van der Waals surface area contributed by atoms with E-state index in [2.05, 4.69) is 30.7 Å². The number of amides is 2. The zero-order valence-electron chi connectivity index (χ0n) is 37.7. The van der Waals surface area contributed by atoms with Gasteiger partial charge < -0.3 is 45.1 Å². The Bertz CT molecular complexity index is 1950. The molecule has 2 fully saturated rings. The van der Waals surface area contributed by atoms with Gasteiger partial charge >= 0.3 is 0 Å². The highest BCUT2D eigenvalue weighted by Gasteiger charge is 2.22. The molecule has 2 heterocycles. The second-order valence-corrected chi connectivity index (χ2v) is 15.9. The summed E-state index contributed by atoms with van der Waals surface area (Å²) in [7, 11) is 3.21. The molecule has 0 radical (unpaired) electrons. The van der Waals surface area contributed by atoms with E-state index < -0.39 is 12.2 Å². The molecule has 4 aromatic carbocycles. The third-order valence-corrected chi connectivity index (χ3v) is 10.8. The number of halogens is 1. The van der Waals surface area contributed by atoms with Crippen molar-refractivity contribution >= 4 is 34.8 Å². The number of piperazine rings is 2. The van der Waals surface area contributed by atoms with E-state index in [0.29, 0.717) is 42.6 Å². The number of ether oxygens (including phenoxy) is 4. The van der Waals surface area contributed by atoms with Gasteiger partial charge in [0.05, 0.1) is 20.8 Å². The number of methoxy groups -OCH3 is 2. The van der Waals surface area contributed by atoms with Gasteiger partial charge in [0.15, 0.2) is 23.0 Å². The van der Waals surface area contributed by atoms with E-state index in [9.17, 15) is 19.8 Å². The van der Waals surface area contributed by atoms with Crippen molar-refractivity contribution in [2.24, 2.45) is 0 Å². The number of carbonyl (C=O) groups excluding carboxylic acids is 2. The Kier molecular flexibility index (Phi) is 22.0. The zero-order chi connectivity index (χ0) is 45.6. The van der Waals surface area contributed by atoms with E-state index in [1.165, 1.54) is 0 Å². The molecule has 2 aliphatic rings. The second kappa shape index (κ2) is 27.3. The summed E-state index contributed by atoms with van der Waals surface area (Å²) in [6.07, 6.45) is -1.08. The first-order chi connectivity index (χ1) is 30.4. The van der Waals surface area contributed by atoms with Gasteiger partial charge in [0.1, 0.15) is 31.3 Å². The van der Waals surface area contributed by atoms with Crippen LogP contribution in [0.3, 0.4) is 0 Å². The first-order valence-electron chi connectivity index (χ1n) is 21.4. The highest BCUT2D eigenvalue weighted by atomic mass is 35.5. The maximum atomic E-state index is 12.5. The number of para-hydroxylation sites is 6. The third-order valence-electron chi connectivity index (χ3n) is 10.6. The van der Waals surface area contributed by atoms with Gasteiger partial charge in [-0.1, -0.05) is 60.7 Å². The van der Waals surface area contributed by atoms with Crippen LogP contribution < -0.4 is 34.9 Å². The van der Waals surface area contributed by atoms with E-state index in [4.69, 9.17) is 30.5 Å². The summed E-state index contributed by atoms with van der Waals surface area (Å²) in [6, 6.07) is 26.8. The Morgan fingerprint density at radius 1 is 0.587 bits per heavy atom. The van der Waals surface area contributed by atoms with E-state index >= 15 is 0 Å². The average molecular weight is 892 g/mol. The number of anilines is 2. The minimum Gasteiger partial charge on any atom is -0.493 e. The summed E-state index contributed by atoms with van der Waals surface area (Å²) in [5.74, 6) is 2.48. The van der Waals surface area contributed by atoms with Gasteiger partial charge in [-0.25, -0.2) is 0 Å². The van der Waals surface area contributed by atoms with Crippen LogP contribution in [-0.2, 0) is 9.59 Å². The van der Waals surface area contributed by atoms with Crippen molar-refractivity contribution in [3.05, 3.63) is 107 Å². The Morgan fingerprint density at radius 2 is 0.968 bits per heavy atom. The normalized spacial score (nSPS) is 15.3. The minimum absolute atomic E-state index is 0.00618. The number of hydrogen-bond donors (Lipinski definition) is 5. The van der Waals surface area contributed by atoms with Gasteiger partial charge in [0.2, 0.25) is 11.8 Å². The van der Waals surface area contributed by atoms with Crippen LogP contribution in [0.2, 0.25) is 0 Å². The molecular weight excluding hydrogens is 824 g/mol. The topological polar surface area (TPSA) is 157 Å². The lowest BCUT2D eigenvalue weighted by Gasteiger charge is -2.35. The molecule has 344 valence electrons. The molecule has 0 aliphatic carbocycles. The number of nitrogens with zero attached hydrogens (tertiary/aromatic N) is 3. The Balaban J connectivity index is 0.000000230. The molecule has 0 spiro atoms. The van der Waals surface area contributed by atoms with Crippen molar-refractivity contribution in [1.29, 1.82) is 0 Å². The maximum absolute atomic E-state index is 12.5. The maximum Gasteiger partial charge on any atom is 0.239 e. The molecule has 5 N–H and O–H groups in total. The van der Waals surface area contributed by atoms with Crippen LogP contribution in [0.25, 0.3) is 0 Å². The molecule has 63 heavy (non-hydrogen) atoms. The van der Waals surface area contributed by atoms with Gasteiger partial charge in [-0.15, -0.1) is 11.6 Å². The van der Waals surface area contributed by atoms with Crippen LogP contribution in [-0.4, -0.2) is 154 Å². The summed E-state index contributed by atoms with van der Waals surface area (Å²) in [5.41, 5.74) is 6.03. The lowest BCUT2D eigenvalue weighted by molar-refractivity contribution is -0.118. The Morgan fingerprint density at radius 3 is 1.38 bits per heavy atom. The monoisotopic (exact) mass is 890 g/mol. The molecule has 2 atom stereocenters. The predicted molar refractivity (Wildman–Crippen MR) is 251 cm³/mol. The molecule has 2 unspecified atom stereocenters. The van der Waals surface area contributed by atoms with Gasteiger partial charge in [0.25, 0.3) is 0 Å². The standard InChI is InChI=1S/C24H33N3O4.C14H22N2O3.C10H12ClNO/c1-18-7-6-8-19(2)24(18)25-23(29)16-27-13-11-26(12-14-27)15-20(28)17-31-22-10-5-4-9-21(22)30-3;1-18-13-4-2-3-5-14(13)19-11-12(17)10-16-8-6-15-7-9-16;1-7-4-3-5-8(2)10(7)12-9(13)6-11/h4-10,20,28H,11-17H2,1-3H3,(H,25,29);2-5,12,15,17H,6-11H2,1H3;3-5H,6H2,1-2H3,(H,12,13). The molecule has 4 aromatic rings. The number of aryl methyl sites for hydroxylation is 4. The van der Waals surface area contributed by atoms with E-state index in [-0.39, 0.29) is 30.9 Å². The smallest absolute Gasteiger partial charge is 0.239 e. The summed E-state index contributed by atoms with van der Waals surface area (Å²) in [5, 5.41) is 29.5. The number of carbonyl (C=O) groups is 2. The number of nitrogens with one attached hydrogen (secondary N) is 3. The van der Waals surface area contributed by atoms with Crippen LogP contribution in [0.5, 0.6) is 23.0 Å². The highest BCUT2D eigenvalue weighted by molar-refractivity contribution is 6.29. The van der Waals surface area contributed by atoms with Gasteiger partial charge in [0, 0.05) is 76.8 Å².